The number of rotatable bonds is 2. The molecule has 0 aliphatic carbocycles. The van der Waals surface area contributed by atoms with E-state index in [-0.39, 0.29) is 12.9 Å². The first kappa shape index (κ1) is 7.98. The molecular weight excluding hydrogens is 132 g/mol. The Morgan fingerprint density at radius 3 is 2.30 bits per heavy atom. The predicted molar refractivity (Wildman–Crippen MR) is 36.6 cm³/mol. The smallest absolute Gasteiger partial charge is 0.159 e. The number of aliphatic hydroxyl groups excluding tert-OH is 1. The van der Waals surface area contributed by atoms with Gasteiger partial charge in [-0.1, -0.05) is 0 Å². The maximum atomic E-state index is 8.55. The van der Waals surface area contributed by atoms with E-state index >= 15 is 0 Å². The molecular formula is C7H14O3. The minimum Gasteiger partial charge on any atom is -0.396 e. The van der Waals surface area contributed by atoms with Gasteiger partial charge >= 0.3 is 0 Å². The third kappa shape index (κ3) is 2.64. The van der Waals surface area contributed by atoms with Gasteiger partial charge in [-0.2, -0.15) is 0 Å². The van der Waals surface area contributed by atoms with Gasteiger partial charge in [-0.25, -0.2) is 0 Å². The molecule has 0 aromatic rings. The van der Waals surface area contributed by atoms with Gasteiger partial charge in [0, 0.05) is 26.2 Å². The van der Waals surface area contributed by atoms with Crippen molar-refractivity contribution >= 4 is 0 Å². The maximum absolute atomic E-state index is 8.55. The van der Waals surface area contributed by atoms with Crippen molar-refractivity contribution in [2.75, 3.05) is 19.8 Å². The van der Waals surface area contributed by atoms with Crippen molar-refractivity contribution in [3.63, 3.8) is 0 Å². The molecule has 10 heavy (non-hydrogen) atoms. The van der Waals surface area contributed by atoms with E-state index in [4.69, 9.17) is 14.6 Å². The lowest BCUT2D eigenvalue weighted by Crippen LogP contribution is -2.16. The summed E-state index contributed by atoms with van der Waals surface area (Å²) in [5.41, 5.74) is 0. The molecule has 3 heteroatoms. The van der Waals surface area contributed by atoms with Gasteiger partial charge in [-0.15, -0.1) is 0 Å². The molecule has 0 aromatic carbocycles. The van der Waals surface area contributed by atoms with Crippen LogP contribution < -0.4 is 0 Å². The second-order valence-electron chi connectivity index (χ2n) is 2.39. The molecule has 60 valence electrons. The molecule has 0 amide bonds. The molecule has 3 nitrogen and oxygen atoms in total. The van der Waals surface area contributed by atoms with Gasteiger partial charge in [-0.3, -0.25) is 0 Å². The van der Waals surface area contributed by atoms with E-state index in [0.29, 0.717) is 6.42 Å². The summed E-state index contributed by atoms with van der Waals surface area (Å²) in [5.74, 6) is 0. The zero-order valence-electron chi connectivity index (χ0n) is 6.08. The van der Waals surface area contributed by atoms with Crippen molar-refractivity contribution in [1.82, 2.24) is 0 Å². The Hall–Kier alpha value is -0.120. The predicted octanol–water partition coefficient (Wildman–Crippen LogP) is 0.522. The molecule has 0 saturated carbocycles. The molecule has 0 atom stereocenters. The Bertz CT molecular complexity index is 76.9. The first-order valence-corrected chi connectivity index (χ1v) is 3.77. The highest BCUT2D eigenvalue weighted by Crippen LogP contribution is 2.07. The summed E-state index contributed by atoms with van der Waals surface area (Å²) in [6, 6.07) is 0. The van der Waals surface area contributed by atoms with Crippen LogP contribution in [-0.4, -0.2) is 31.2 Å². The molecule has 0 unspecified atom stereocenters. The first-order chi connectivity index (χ1) is 4.93. The van der Waals surface area contributed by atoms with Crippen LogP contribution in [-0.2, 0) is 9.47 Å². The molecule has 0 bridgehead atoms. The highest BCUT2D eigenvalue weighted by atomic mass is 16.7. The Morgan fingerprint density at radius 2 is 1.80 bits per heavy atom. The summed E-state index contributed by atoms with van der Waals surface area (Å²) in [6.45, 7) is 1.68. The van der Waals surface area contributed by atoms with Crippen LogP contribution in [0.1, 0.15) is 19.3 Å². The zero-order valence-corrected chi connectivity index (χ0v) is 6.08. The van der Waals surface area contributed by atoms with Crippen molar-refractivity contribution < 1.29 is 14.6 Å². The minimum absolute atomic E-state index is 0.144. The van der Waals surface area contributed by atoms with E-state index < -0.39 is 0 Å². The topological polar surface area (TPSA) is 38.7 Å². The Kier molecular flexibility index (Phi) is 3.72. The van der Waals surface area contributed by atoms with Gasteiger partial charge in [0.15, 0.2) is 6.29 Å². The molecule has 0 spiro atoms. The molecule has 1 N–H and O–H groups in total. The van der Waals surface area contributed by atoms with Crippen LogP contribution >= 0.6 is 0 Å². The van der Waals surface area contributed by atoms with Crippen molar-refractivity contribution in [2.24, 2.45) is 0 Å². The SMILES string of the molecule is OCCC1OCCCCO1. The van der Waals surface area contributed by atoms with Gasteiger partial charge in [-0.05, 0) is 12.8 Å². The summed E-state index contributed by atoms with van der Waals surface area (Å²) in [5, 5.41) is 8.55. The van der Waals surface area contributed by atoms with Gasteiger partial charge in [0.25, 0.3) is 0 Å². The fourth-order valence-electron chi connectivity index (χ4n) is 0.954. The molecule has 0 aromatic heterocycles. The average molecular weight is 146 g/mol. The summed E-state index contributed by atoms with van der Waals surface area (Å²) >= 11 is 0. The number of hydrogen-bond acceptors (Lipinski definition) is 3. The lowest BCUT2D eigenvalue weighted by atomic mass is 10.3. The van der Waals surface area contributed by atoms with Crippen molar-refractivity contribution in [2.45, 2.75) is 25.6 Å². The van der Waals surface area contributed by atoms with Gasteiger partial charge in [0.2, 0.25) is 0 Å². The normalized spacial score (nSPS) is 22.5. The number of aliphatic hydroxyl groups is 1. The standard InChI is InChI=1S/C7H14O3/c8-4-3-7-9-5-1-2-6-10-7/h7-8H,1-6H2. The van der Waals surface area contributed by atoms with Crippen molar-refractivity contribution in [3.8, 4) is 0 Å². The first-order valence-electron chi connectivity index (χ1n) is 3.77. The second-order valence-corrected chi connectivity index (χ2v) is 2.39. The van der Waals surface area contributed by atoms with Gasteiger partial charge in [0.05, 0.1) is 0 Å². The average Bonchev–Trinajstić information content (AvgIpc) is 2.17. The van der Waals surface area contributed by atoms with E-state index in [0.717, 1.165) is 26.1 Å². The fourth-order valence-corrected chi connectivity index (χ4v) is 0.954. The lowest BCUT2D eigenvalue weighted by molar-refractivity contribution is -0.134. The van der Waals surface area contributed by atoms with E-state index in [1.165, 1.54) is 0 Å². The van der Waals surface area contributed by atoms with Crippen LogP contribution in [0.2, 0.25) is 0 Å². The Morgan fingerprint density at radius 1 is 1.20 bits per heavy atom. The lowest BCUT2D eigenvalue weighted by Gasteiger charge is -2.12. The summed E-state index contributed by atoms with van der Waals surface area (Å²) in [7, 11) is 0. The molecule has 1 heterocycles. The molecule has 1 aliphatic heterocycles. The third-order valence-corrected chi connectivity index (χ3v) is 1.51. The van der Waals surface area contributed by atoms with E-state index in [1.807, 2.05) is 0 Å². The Labute approximate surface area is 60.9 Å². The van der Waals surface area contributed by atoms with E-state index in [1.54, 1.807) is 0 Å². The summed E-state index contributed by atoms with van der Waals surface area (Å²) in [6.07, 6.45) is 2.58. The van der Waals surface area contributed by atoms with Crippen LogP contribution in [0.25, 0.3) is 0 Å². The van der Waals surface area contributed by atoms with Gasteiger partial charge in [0.1, 0.15) is 0 Å². The van der Waals surface area contributed by atoms with Crippen LogP contribution in [0.3, 0.4) is 0 Å². The highest BCUT2D eigenvalue weighted by Gasteiger charge is 2.10. The third-order valence-electron chi connectivity index (χ3n) is 1.51. The summed E-state index contributed by atoms with van der Waals surface area (Å²) in [4.78, 5) is 0. The van der Waals surface area contributed by atoms with Crippen LogP contribution in [0.15, 0.2) is 0 Å². The quantitative estimate of drug-likeness (QED) is 0.617. The fraction of sp³-hybridized carbons (Fsp3) is 1.00. The molecule has 0 radical (unpaired) electrons. The van der Waals surface area contributed by atoms with Crippen molar-refractivity contribution in [1.29, 1.82) is 0 Å². The van der Waals surface area contributed by atoms with E-state index in [2.05, 4.69) is 0 Å². The van der Waals surface area contributed by atoms with Crippen molar-refractivity contribution in [3.05, 3.63) is 0 Å². The second kappa shape index (κ2) is 4.66. The summed E-state index contributed by atoms with van der Waals surface area (Å²) < 4.78 is 10.5. The number of ether oxygens (including phenoxy) is 2. The molecule has 1 aliphatic rings. The monoisotopic (exact) mass is 146 g/mol. The van der Waals surface area contributed by atoms with Gasteiger partial charge < -0.3 is 14.6 Å². The minimum atomic E-state index is -0.160. The molecule has 1 saturated heterocycles. The molecule has 1 rings (SSSR count). The highest BCUT2D eigenvalue weighted by molar-refractivity contribution is 4.50. The van der Waals surface area contributed by atoms with Crippen LogP contribution in [0.4, 0.5) is 0 Å². The number of hydrogen-bond donors (Lipinski definition) is 1. The van der Waals surface area contributed by atoms with Crippen LogP contribution in [0, 0.1) is 0 Å². The largest absolute Gasteiger partial charge is 0.396 e. The van der Waals surface area contributed by atoms with Crippen LogP contribution in [0.5, 0.6) is 0 Å². The molecule has 1 fully saturated rings. The maximum Gasteiger partial charge on any atom is 0.159 e. The zero-order chi connectivity index (χ0) is 7.23. The van der Waals surface area contributed by atoms with E-state index in [9.17, 15) is 0 Å². The Balaban J connectivity index is 2.15.